The molecule has 3 atom stereocenters. The molecular weight excluding hydrogens is 328 g/mol. The molecule has 1 aliphatic rings. The van der Waals surface area contributed by atoms with E-state index < -0.39 is 36.4 Å². The number of carboxylic acids is 1. The van der Waals surface area contributed by atoms with Crippen LogP contribution >= 0.6 is 0 Å². The van der Waals surface area contributed by atoms with E-state index in [1.165, 1.54) is 13.5 Å². The van der Waals surface area contributed by atoms with Crippen molar-refractivity contribution in [1.82, 2.24) is 5.32 Å². The van der Waals surface area contributed by atoms with Crippen LogP contribution in [0, 0.1) is 11.3 Å². The van der Waals surface area contributed by atoms with Gasteiger partial charge in [-0.1, -0.05) is 27.2 Å². The molecule has 1 unspecified atom stereocenters. The molecule has 1 amide bonds. The highest BCUT2D eigenvalue weighted by Gasteiger charge is 2.37. The van der Waals surface area contributed by atoms with Crippen LogP contribution in [-0.2, 0) is 23.9 Å². The van der Waals surface area contributed by atoms with E-state index in [1.807, 2.05) is 0 Å². The van der Waals surface area contributed by atoms with Crippen LogP contribution in [0.3, 0.4) is 0 Å². The zero-order chi connectivity index (χ0) is 19.2. The minimum Gasteiger partial charge on any atom is -0.481 e. The van der Waals surface area contributed by atoms with Crippen molar-refractivity contribution in [2.75, 3.05) is 13.7 Å². The Balaban J connectivity index is 2.70. The largest absolute Gasteiger partial charge is 0.481 e. The van der Waals surface area contributed by atoms with Gasteiger partial charge in [-0.15, -0.1) is 0 Å². The highest BCUT2D eigenvalue weighted by atomic mass is 16.5. The number of carbonyl (C=O) groups is 3. The molecule has 1 aliphatic carbocycles. The van der Waals surface area contributed by atoms with Gasteiger partial charge in [-0.05, 0) is 24.2 Å². The van der Waals surface area contributed by atoms with Crippen molar-refractivity contribution >= 4 is 17.8 Å². The first-order valence-electron chi connectivity index (χ1n) is 8.53. The van der Waals surface area contributed by atoms with Crippen LogP contribution in [0.4, 0.5) is 0 Å². The van der Waals surface area contributed by atoms with Gasteiger partial charge in [-0.2, -0.15) is 0 Å². The molecule has 144 valence electrons. The first-order chi connectivity index (χ1) is 11.6. The Bertz CT molecular complexity index is 484. The summed E-state index contributed by atoms with van der Waals surface area (Å²) in [5.74, 6) is -2.14. The minimum atomic E-state index is -1.24. The Morgan fingerprint density at radius 3 is 2.28 bits per heavy atom. The van der Waals surface area contributed by atoms with E-state index in [2.05, 4.69) is 26.1 Å². The average molecular weight is 358 g/mol. The monoisotopic (exact) mass is 358 g/mol. The number of carbonyl (C=O) groups excluding carboxylic acids is 2. The molecule has 25 heavy (non-hydrogen) atoms. The van der Waals surface area contributed by atoms with Crippen LogP contribution in [0.2, 0.25) is 0 Å². The van der Waals surface area contributed by atoms with E-state index >= 15 is 0 Å². The molecule has 1 rings (SSSR count). The topological polar surface area (TPSA) is 128 Å². The summed E-state index contributed by atoms with van der Waals surface area (Å²) >= 11 is 0. The average Bonchev–Trinajstić information content (AvgIpc) is 2.44. The molecule has 0 aromatic heterocycles. The zero-order valence-electron chi connectivity index (χ0n) is 15.4. The molecule has 0 heterocycles. The number of methoxy groups -OCH3 is 1. The minimum absolute atomic E-state index is 0.0435. The van der Waals surface area contributed by atoms with Crippen LogP contribution in [0.15, 0.2) is 0 Å². The summed E-state index contributed by atoms with van der Waals surface area (Å²) < 4.78 is 10.7. The third kappa shape index (κ3) is 6.62. The van der Waals surface area contributed by atoms with Crippen LogP contribution in [0.25, 0.3) is 0 Å². The maximum atomic E-state index is 12.0. The van der Waals surface area contributed by atoms with Gasteiger partial charge < -0.3 is 25.6 Å². The Labute approximate surface area is 148 Å². The summed E-state index contributed by atoms with van der Waals surface area (Å²) in [6.45, 7) is 6.18. The van der Waals surface area contributed by atoms with Gasteiger partial charge in [0.25, 0.3) is 0 Å². The fourth-order valence-electron chi connectivity index (χ4n) is 2.91. The van der Waals surface area contributed by atoms with Gasteiger partial charge in [0.05, 0.1) is 32.3 Å². The fraction of sp³-hybridized carbons (Fsp3) is 0.824. The number of hydrogen-bond donors (Lipinski definition) is 3. The van der Waals surface area contributed by atoms with E-state index in [0.29, 0.717) is 5.92 Å². The maximum absolute atomic E-state index is 12.0. The van der Waals surface area contributed by atoms with Crippen molar-refractivity contribution in [1.29, 1.82) is 0 Å². The van der Waals surface area contributed by atoms with Crippen LogP contribution in [0.1, 0.15) is 46.5 Å². The number of ether oxygens (including phenoxy) is 2. The summed E-state index contributed by atoms with van der Waals surface area (Å²) in [5.41, 5.74) is 5.42. The Morgan fingerprint density at radius 2 is 1.88 bits per heavy atom. The van der Waals surface area contributed by atoms with Crippen molar-refractivity contribution < 1.29 is 29.0 Å². The fourth-order valence-corrected chi connectivity index (χ4v) is 2.91. The summed E-state index contributed by atoms with van der Waals surface area (Å²) in [6, 6.07) is -2.27. The van der Waals surface area contributed by atoms with Crippen molar-refractivity contribution in [3.05, 3.63) is 0 Å². The molecule has 0 saturated heterocycles. The molecule has 0 radical (unpaired) electrons. The smallest absolute Gasteiger partial charge is 0.330 e. The van der Waals surface area contributed by atoms with Crippen LogP contribution < -0.4 is 11.1 Å². The number of esters is 1. The second-order valence-corrected chi connectivity index (χ2v) is 7.60. The Hall–Kier alpha value is -1.67. The quantitative estimate of drug-likeness (QED) is 0.517. The molecule has 8 heteroatoms. The number of nitrogens with one attached hydrogen (secondary N) is 1. The molecule has 0 aromatic rings. The van der Waals surface area contributed by atoms with Gasteiger partial charge in [0, 0.05) is 0 Å². The molecule has 0 spiro atoms. The van der Waals surface area contributed by atoms with Gasteiger partial charge in [0.15, 0.2) is 6.04 Å². The van der Waals surface area contributed by atoms with E-state index in [1.54, 1.807) is 0 Å². The molecule has 4 N–H and O–H groups in total. The van der Waals surface area contributed by atoms with Gasteiger partial charge in [0.2, 0.25) is 5.91 Å². The molecule has 0 bridgehead atoms. The first kappa shape index (κ1) is 21.4. The maximum Gasteiger partial charge on any atom is 0.330 e. The number of nitrogens with two attached hydrogens (primary N) is 1. The third-order valence-corrected chi connectivity index (χ3v) is 4.41. The predicted molar refractivity (Wildman–Crippen MR) is 90.7 cm³/mol. The second kappa shape index (κ2) is 9.15. The van der Waals surface area contributed by atoms with Crippen molar-refractivity contribution in [2.45, 2.75) is 64.6 Å². The molecule has 1 saturated carbocycles. The molecule has 0 aliphatic heterocycles. The number of hydrogen-bond acceptors (Lipinski definition) is 6. The van der Waals surface area contributed by atoms with Crippen molar-refractivity contribution in [3.63, 3.8) is 0 Å². The van der Waals surface area contributed by atoms with E-state index in [4.69, 9.17) is 20.3 Å². The number of rotatable bonds is 9. The Kier molecular flexibility index (Phi) is 7.82. The Morgan fingerprint density at radius 1 is 1.28 bits per heavy atom. The number of carboxylic acid groups (broad SMARTS) is 1. The molecule has 1 fully saturated rings. The van der Waals surface area contributed by atoms with Crippen molar-refractivity contribution in [2.24, 2.45) is 17.1 Å². The first-order valence-corrected chi connectivity index (χ1v) is 8.53. The molecule has 0 aromatic carbocycles. The molecule has 8 nitrogen and oxygen atoms in total. The summed E-state index contributed by atoms with van der Waals surface area (Å²) in [6.07, 6.45) is 2.77. The highest BCUT2D eigenvalue weighted by Crippen LogP contribution is 2.39. The number of amides is 1. The lowest BCUT2D eigenvalue weighted by Gasteiger charge is -2.41. The van der Waals surface area contributed by atoms with Gasteiger partial charge in [0.1, 0.15) is 0 Å². The zero-order valence-corrected chi connectivity index (χ0v) is 15.4. The molecular formula is C17H30N2O6. The second-order valence-electron chi connectivity index (χ2n) is 7.60. The van der Waals surface area contributed by atoms with E-state index in [-0.39, 0.29) is 18.1 Å². The standard InChI is InChI=1S/C17H30N2O6/c1-17(2,3)14(10-6-5-7-10)25-9-12(16(23)24-4)19-15(22)11(18)8-13(20)21/h10-12,14H,5-9,18H2,1-4H3,(H,19,22)(H,20,21)/t11-,12-,14?/m0/s1. The van der Waals surface area contributed by atoms with Gasteiger partial charge in [-0.3, -0.25) is 9.59 Å². The normalized spacial score (nSPS) is 18.6. The highest BCUT2D eigenvalue weighted by molar-refractivity contribution is 5.89. The predicted octanol–water partition coefficient (Wildman–Crippen LogP) is 0.678. The summed E-state index contributed by atoms with van der Waals surface area (Å²) in [4.78, 5) is 34.6. The van der Waals surface area contributed by atoms with Gasteiger partial charge >= 0.3 is 11.9 Å². The number of aliphatic carboxylic acids is 1. The SMILES string of the molecule is COC(=O)[C@H](COC(C1CCC1)C(C)(C)C)NC(=O)[C@@H](N)CC(=O)O. The third-order valence-electron chi connectivity index (χ3n) is 4.41. The lowest BCUT2D eigenvalue weighted by Crippen LogP contribution is -2.52. The van der Waals surface area contributed by atoms with Crippen molar-refractivity contribution in [3.8, 4) is 0 Å². The van der Waals surface area contributed by atoms with Gasteiger partial charge in [-0.25, -0.2) is 4.79 Å². The lowest BCUT2D eigenvalue weighted by atomic mass is 9.71. The van der Waals surface area contributed by atoms with Crippen LogP contribution in [-0.4, -0.2) is 54.9 Å². The summed E-state index contributed by atoms with van der Waals surface area (Å²) in [7, 11) is 1.21. The van der Waals surface area contributed by atoms with E-state index in [0.717, 1.165) is 12.8 Å². The van der Waals surface area contributed by atoms with Crippen LogP contribution in [0.5, 0.6) is 0 Å². The lowest BCUT2D eigenvalue weighted by molar-refractivity contribution is -0.150. The van der Waals surface area contributed by atoms with E-state index in [9.17, 15) is 14.4 Å². The summed E-state index contributed by atoms with van der Waals surface area (Å²) in [5, 5.41) is 11.1.